The zero-order chi connectivity index (χ0) is 14.4. The molecule has 2 rings (SSSR count). The molecule has 0 saturated carbocycles. The second kappa shape index (κ2) is 7.34. The van der Waals surface area contributed by atoms with Crippen LogP contribution >= 0.6 is 15.9 Å². The topological polar surface area (TPSA) is 18.5 Å². The third-order valence-electron chi connectivity index (χ3n) is 2.95. The molecule has 2 nitrogen and oxygen atoms in total. The summed E-state index contributed by atoms with van der Waals surface area (Å²) in [5.41, 5.74) is 2.38. The van der Waals surface area contributed by atoms with Crippen molar-refractivity contribution in [2.45, 2.75) is 18.7 Å². The SMILES string of the molecule is CCOc1ccc(C(Br)c2ccccc2)cc1OCC. The summed E-state index contributed by atoms with van der Waals surface area (Å²) in [6, 6.07) is 16.4. The number of rotatable bonds is 6. The molecule has 0 aliphatic carbocycles. The summed E-state index contributed by atoms with van der Waals surface area (Å²) < 4.78 is 11.3. The van der Waals surface area contributed by atoms with Gasteiger partial charge in [-0.3, -0.25) is 0 Å². The van der Waals surface area contributed by atoms with Gasteiger partial charge in [0.05, 0.1) is 18.0 Å². The van der Waals surface area contributed by atoms with E-state index in [1.54, 1.807) is 0 Å². The Balaban J connectivity index is 2.30. The molecule has 0 radical (unpaired) electrons. The van der Waals surface area contributed by atoms with E-state index in [0.717, 1.165) is 17.1 Å². The molecule has 0 aliphatic rings. The van der Waals surface area contributed by atoms with E-state index in [2.05, 4.69) is 34.1 Å². The zero-order valence-electron chi connectivity index (χ0n) is 11.8. The molecule has 0 amide bonds. The van der Waals surface area contributed by atoms with Gasteiger partial charge in [0.15, 0.2) is 11.5 Å². The normalized spacial score (nSPS) is 11.9. The van der Waals surface area contributed by atoms with E-state index in [1.165, 1.54) is 5.56 Å². The van der Waals surface area contributed by atoms with E-state index in [9.17, 15) is 0 Å². The number of benzene rings is 2. The van der Waals surface area contributed by atoms with Gasteiger partial charge in [0.2, 0.25) is 0 Å². The van der Waals surface area contributed by atoms with Crippen molar-refractivity contribution < 1.29 is 9.47 Å². The molecule has 0 aromatic heterocycles. The Labute approximate surface area is 128 Å². The van der Waals surface area contributed by atoms with Crippen LogP contribution in [0.1, 0.15) is 29.8 Å². The van der Waals surface area contributed by atoms with Gasteiger partial charge in [0.25, 0.3) is 0 Å². The van der Waals surface area contributed by atoms with Crippen LogP contribution in [-0.2, 0) is 0 Å². The first-order chi connectivity index (χ1) is 9.76. The first-order valence-corrected chi connectivity index (χ1v) is 7.76. The third-order valence-corrected chi connectivity index (χ3v) is 4.01. The van der Waals surface area contributed by atoms with Crippen LogP contribution < -0.4 is 9.47 Å². The Morgan fingerprint density at radius 3 is 2.15 bits per heavy atom. The standard InChI is InChI=1S/C17H19BrO2/c1-3-19-15-11-10-14(12-16(15)20-4-2)17(18)13-8-6-5-7-9-13/h5-12,17H,3-4H2,1-2H3. The van der Waals surface area contributed by atoms with Gasteiger partial charge >= 0.3 is 0 Å². The van der Waals surface area contributed by atoms with Crippen LogP contribution in [0.2, 0.25) is 0 Å². The molecule has 2 aromatic rings. The Morgan fingerprint density at radius 1 is 0.850 bits per heavy atom. The molecular weight excluding hydrogens is 316 g/mol. The molecule has 0 bridgehead atoms. The Kier molecular flexibility index (Phi) is 5.48. The van der Waals surface area contributed by atoms with E-state index < -0.39 is 0 Å². The summed E-state index contributed by atoms with van der Waals surface area (Å²) in [5, 5.41) is 0. The lowest BCUT2D eigenvalue weighted by atomic mass is 10.0. The first-order valence-electron chi connectivity index (χ1n) is 6.84. The van der Waals surface area contributed by atoms with Gasteiger partial charge in [0, 0.05) is 0 Å². The fraction of sp³-hybridized carbons (Fsp3) is 0.294. The van der Waals surface area contributed by atoms with Crippen molar-refractivity contribution in [3.05, 3.63) is 59.7 Å². The van der Waals surface area contributed by atoms with Crippen molar-refractivity contribution >= 4 is 15.9 Å². The highest BCUT2D eigenvalue weighted by Crippen LogP contribution is 2.36. The molecule has 1 unspecified atom stereocenters. The summed E-state index contributed by atoms with van der Waals surface area (Å²) in [4.78, 5) is 0.151. The molecule has 3 heteroatoms. The van der Waals surface area contributed by atoms with Gasteiger partial charge in [-0.1, -0.05) is 52.3 Å². The summed E-state index contributed by atoms with van der Waals surface area (Å²) in [7, 11) is 0. The number of ether oxygens (including phenoxy) is 2. The van der Waals surface area contributed by atoms with E-state index in [4.69, 9.17) is 9.47 Å². The molecule has 0 spiro atoms. The molecule has 0 saturated heterocycles. The predicted octanol–water partition coefficient (Wildman–Crippen LogP) is 4.97. The molecule has 0 N–H and O–H groups in total. The van der Waals surface area contributed by atoms with Gasteiger partial charge < -0.3 is 9.47 Å². The lowest BCUT2D eigenvalue weighted by Crippen LogP contribution is -2.00. The lowest BCUT2D eigenvalue weighted by molar-refractivity contribution is 0.287. The van der Waals surface area contributed by atoms with E-state index in [1.807, 2.05) is 44.2 Å². The first kappa shape index (κ1) is 14.9. The average molecular weight is 335 g/mol. The summed E-state index contributed by atoms with van der Waals surface area (Å²) >= 11 is 3.75. The van der Waals surface area contributed by atoms with Gasteiger partial charge in [-0.2, -0.15) is 0 Å². The van der Waals surface area contributed by atoms with Crippen molar-refractivity contribution in [3.8, 4) is 11.5 Å². The van der Waals surface area contributed by atoms with Crippen LogP contribution in [0.4, 0.5) is 0 Å². The average Bonchev–Trinajstić information content (AvgIpc) is 2.50. The molecule has 106 valence electrons. The minimum atomic E-state index is 0.151. The molecule has 0 heterocycles. The Bertz CT molecular complexity index is 540. The molecule has 0 fully saturated rings. The van der Waals surface area contributed by atoms with Crippen LogP contribution in [0.3, 0.4) is 0 Å². The van der Waals surface area contributed by atoms with Crippen molar-refractivity contribution in [2.24, 2.45) is 0 Å². The van der Waals surface area contributed by atoms with Gasteiger partial charge in [-0.15, -0.1) is 0 Å². The highest BCUT2D eigenvalue weighted by atomic mass is 79.9. The third kappa shape index (κ3) is 3.54. The van der Waals surface area contributed by atoms with E-state index in [0.29, 0.717) is 13.2 Å². The number of halogens is 1. The van der Waals surface area contributed by atoms with Gasteiger partial charge in [-0.25, -0.2) is 0 Å². The maximum Gasteiger partial charge on any atom is 0.161 e. The highest BCUT2D eigenvalue weighted by Gasteiger charge is 2.13. The van der Waals surface area contributed by atoms with Crippen LogP contribution in [0.15, 0.2) is 48.5 Å². The second-order valence-electron chi connectivity index (χ2n) is 4.35. The van der Waals surface area contributed by atoms with E-state index >= 15 is 0 Å². The molecular formula is C17H19BrO2. The van der Waals surface area contributed by atoms with E-state index in [-0.39, 0.29) is 4.83 Å². The molecule has 20 heavy (non-hydrogen) atoms. The Morgan fingerprint density at radius 2 is 1.50 bits per heavy atom. The van der Waals surface area contributed by atoms with Crippen molar-refractivity contribution in [3.63, 3.8) is 0 Å². The quantitative estimate of drug-likeness (QED) is 0.694. The highest BCUT2D eigenvalue weighted by molar-refractivity contribution is 9.09. The van der Waals surface area contributed by atoms with Crippen LogP contribution in [-0.4, -0.2) is 13.2 Å². The minimum Gasteiger partial charge on any atom is -0.490 e. The summed E-state index contributed by atoms with van der Waals surface area (Å²) in [6.07, 6.45) is 0. The zero-order valence-corrected chi connectivity index (χ0v) is 13.4. The summed E-state index contributed by atoms with van der Waals surface area (Å²) in [5.74, 6) is 1.60. The van der Waals surface area contributed by atoms with Crippen LogP contribution in [0.5, 0.6) is 11.5 Å². The monoisotopic (exact) mass is 334 g/mol. The van der Waals surface area contributed by atoms with Crippen molar-refractivity contribution in [1.29, 1.82) is 0 Å². The van der Waals surface area contributed by atoms with Crippen molar-refractivity contribution in [1.82, 2.24) is 0 Å². The lowest BCUT2D eigenvalue weighted by Gasteiger charge is -2.15. The van der Waals surface area contributed by atoms with Gasteiger partial charge in [0.1, 0.15) is 0 Å². The smallest absolute Gasteiger partial charge is 0.161 e. The molecule has 2 aromatic carbocycles. The fourth-order valence-corrected chi connectivity index (χ4v) is 2.63. The van der Waals surface area contributed by atoms with Gasteiger partial charge in [-0.05, 0) is 37.1 Å². The summed E-state index contributed by atoms with van der Waals surface area (Å²) in [6.45, 7) is 5.21. The van der Waals surface area contributed by atoms with Crippen molar-refractivity contribution in [2.75, 3.05) is 13.2 Å². The molecule has 0 aliphatic heterocycles. The maximum atomic E-state index is 5.67. The molecule has 1 atom stereocenters. The number of alkyl halides is 1. The fourth-order valence-electron chi connectivity index (χ4n) is 2.04. The second-order valence-corrected chi connectivity index (χ2v) is 5.26. The minimum absolute atomic E-state index is 0.151. The van der Waals surface area contributed by atoms with Crippen LogP contribution in [0.25, 0.3) is 0 Å². The number of hydrogen-bond donors (Lipinski definition) is 0. The largest absolute Gasteiger partial charge is 0.490 e. The predicted molar refractivity (Wildman–Crippen MR) is 86.0 cm³/mol. The Hall–Kier alpha value is -1.48. The van der Waals surface area contributed by atoms with Crippen LogP contribution in [0, 0.1) is 0 Å². The maximum absolute atomic E-state index is 5.67. The number of hydrogen-bond acceptors (Lipinski definition) is 2.